The third-order valence-corrected chi connectivity index (χ3v) is 1.04. The number of alkyl halides is 3. The molecule has 61 valence electrons. The zero-order chi connectivity index (χ0) is 8.48. The second-order valence-electron chi connectivity index (χ2n) is 1.85. The van der Waals surface area contributed by atoms with Crippen LogP contribution in [0.3, 0.4) is 0 Å². The van der Waals surface area contributed by atoms with E-state index < -0.39 is 11.9 Å². The Balaban J connectivity index is 2.89. The molecule has 1 rings (SSSR count). The van der Waals surface area contributed by atoms with Crippen LogP contribution in [0.1, 0.15) is 12.6 Å². The molecule has 0 spiro atoms. The summed E-state index contributed by atoms with van der Waals surface area (Å²) >= 11 is 0. The van der Waals surface area contributed by atoms with Gasteiger partial charge in [-0.1, -0.05) is 0 Å². The van der Waals surface area contributed by atoms with Crippen molar-refractivity contribution in [2.24, 2.45) is 0 Å². The molecule has 0 N–H and O–H groups in total. The van der Waals surface area contributed by atoms with Crippen LogP contribution in [0.15, 0.2) is 0 Å². The maximum Gasteiger partial charge on any atom is 0.437 e. The molecule has 0 amide bonds. The molecule has 0 atom stereocenters. The number of halogens is 3. The van der Waals surface area contributed by atoms with Crippen LogP contribution in [-0.4, -0.2) is 15.0 Å². The molecule has 0 saturated heterocycles. The lowest BCUT2D eigenvalue weighted by Gasteiger charge is -1.98. The SMILES string of the molecule is CCn1n[c]c(C(F)(F)F)n1. The first-order chi connectivity index (χ1) is 5.04. The van der Waals surface area contributed by atoms with Gasteiger partial charge in [0.15, 0.2) is 5.69 Å². The molecular formula is C5H5F3N3. The highest BCUT2D eigenvalue weighted by atomic mass is 19.4. The molecule has 0 fully saturated rings. The molecule has 6 heteroatoms. The minimum absolute atomic E-state index is 0.312. The average Bonchev–Trinajstić information content (AvgIpc) is 2.32. The average molecular weight is 164 g/mol. The van der Waals surface area contributed by atoms with E-state index in [0.717, 1.165) is 4.80 Å². The fourth-order valence-corrected chi connectivity index (χ4v) is 0.527. The van der Waals surface area contributed by atoms with Crippen LogP contribution in [0, 0.1) is 6.20 Å². The summed E-state index contributed by atoms with van der Waals surface area (Å²) < 4.78 is 35.4. The Morgan fingerprint density at radius 2 is 2.18 bits per heavy atom. The topological polar surface area (TPSA) is 30.7 Å². The first kappa shape index (κ1) is 8.03. The first-order valence-corrected chi connectivity index (χ1v) is 2.94. The molecule has 0 aliphatic rings. The molecule has 0 aliphatic carbocycles. The van der Waals surface area contributed by atoms with Gasteiger partial charge in [0.1, 0.15) is 6.20 Å². The van der Waals surface area contributed by atoms with Gasteiger partial charge in [-0.25, -0.2) is 0 Å². The third-order valence-electron chi connectivity index (χ3n) is 1.04. The lowest BCUT2D eigenvalue weighted by Crippen LogP contribution is -2.07. The van der Waals surface area contributed by atoms with Crippen molar-refractivity contribution in [1.29, 1.82) is 0 Å². The van der Waals surface area contributed by atoms with Gasteiger partial charge < -0.3 is 0 Å². The van der Waals surface area contributed by atoms with Crippen LogP contribution < -0.4 is 0 Å². The van der Waals surface area contributed by atoms with E-state index in [0.29, 0.717) is 6.54 Å². The number of hydrogen-bond donors (Lipinski definition) is 0. The van der Waals surface area contributed by atoms with Gasteiger partial charge in [-0.15, -0.1) is 5.10 Å². The number of rotatable bonds is 1. The van der Waals surface area contributed by atoms with Crippen molar-refractivity contribution < 1.29 is 13.2 Å². The highest BCUT2D eigenvalue weighted by molar-refractivity contribution is 4.94. The van der Waals surface area contributed by atoms with E-state index in [-0.39, 0.29) is 0 Å². The molecule has 0 bridgehead atoms. The van der Waals surface area contributed by atoms with Crippen molar-refractivity contribution in [3.63, 3.8) is 0 Å². The highest BCUT2D eigenvalue weighted by Crippen LogP contribution is 2.25. The molecule has 3 nitrogen and oxygen atoms in total. The van der Waals surface area contributed by atoms with Crippen LogP contribution in [0.25, 0.3) is 0 Å². The normalized spacial score (nSPS) is 12.0. The minimum atomic E-state index is -4.44. The second-order valence-corrected chi connectivity index (χ2v) is 1.85. The maximum atomic E-state index is 11.8. The van der Waals surface area contributed by atoms with Gasteiger partial charge in [0, 0.05) is 0 Å². The molecule has 0 unspecified atom stereocenters. The van der Waals surface area contributed by atoms with Crippen molar-refractivity contribution in [2.45, 2.75) is 19.6 Å². The van der Waals surface area contributed by atoms with E-state index in [1.54, 1.807) is 13.1 Å². The molecule has 0 aromatic carbocycles. The van der Waals surface area contributed by atoms with Crippen LogP contribution in [-0.2, 0) is 12.7 Å². The summed E-state index contributed by atoms with van der Waals surface area (Å²) in [5.41, 5.74) is -1.07. The molecule has 1 aromatic rings. The summed E-state index contributed by atoms with van der Waals surface area (Å²) in [5.74, 6) is 0. The van der Waals surface area contributed by atoms with Gasteiger partial charge >= 0.3 is 6.18 Å². The lowest BCUT2D eigenvalue weighted by molar-refractivity contribution is -0.141. The van der Waals surface area contributed by atoms with Crippen molar-refractivity contribution in [3.05, 3.63) is 11.9 Å². The number of aryl methyl sites for hydroxylation is 1. The Kier molecular flexibility index (Phi) is 1.84. The van der Waals surface area contributed by atoms with Gasteiger partial charge in [0.2, 0.25) is 0 Å². The Morgan fingerprint density at radius 3 is 2.45 bits per heavy atom. The van der Waals surface area contributed by atoms with Gasteiger partial charge in [0.25, 0.3) is 0 Å². The van der Waals surface area contributed by atoms with Gasteiger partial charge in [-0.05, 0) is 6.92 Å². The molecule has 1 heterocycles. The first-order valence-electron chi connectivity index (χ1n) is 2.94. The Bertz CT molecular complexity index is 239. The predicted molar refractivity (Wildman–Crippen MR) is 29.5 cm³/mol. The van der Waals surface area contributed by atoms with E-state index in [1.165, 1.54) is 0 Å². The number of nitrogens with zero attached hydrogens (tertiary/aromatic N) is 3. The quantitative estimate of drug-likeness (QED) is 0.622. The van der Waals surface area contributed by atoms with E-state index in [9.17, 15) is 13.2 Å². The fourth-order valence-electron chi connectivity index (χ4n) is 0.527. The largest absolute Gasteiger partial charge is 0.437 e. The van der Waals surface area contributed by atoms with Gasteiger partial charge in [-0.3, -0.25) is 0 Å². The van der Waals surface area contributed by atoms with Crippen LogP contribution >= 0.6 is 0 Å². The zero-order valence-corrected chi connectivity index (χ0v) is 5.68. The van der Waals surface area contributed by atoms with Crippen molar-refractivity contribution in [1.82, 2.24) is 15.0 Å². The Labute approximate surface area is 60.8 Å². The van der Waals surface area contributed by atoms with Gasteiger partial charge in [-0.2, -0.15) is 23.1 Å². The van der Waals surface area contributed by atoms with E-state index in [4.69, 9.17) is 0 Å². The second kappa shape index (κ2) is 2.52. The van der Waals surface area contributed by atoms with Crippen LogP contribution in [0.4, 0.5) is 13.2 Å². The molecule has 1 radical (unpaired) electrons. The standard InChI is InChI=1S/C5H5F3N3/c1-2-11-9-3-4(10-11)5(6,7)8/h2H2,1H3. The lowest BCUT2D eigenvalue weighted by atomic mass is 10.5. The Hall–Kier alpha value is -1.07. The van der Waals surface area contributed by atoms with E-state index in [2.05, 4.69) is 10.2 Å². The Morgan fingerprint density at radius 1 is 1.55 bits per heavy atom. The van der Waals surface area contributed by atoms with Crippen molar-refractivity contribution >= 4 is 0 Å². The third kappa shape index (κ3) is 1.69. The van der Waals surface area contributed by atoms with Crippen molar-refractivity contribution in [2.75, 3.05) is 0 Å². The highest BCUT2D eigenvalue weighted by Gasteiger charge is 2.34. The fraction of sp³-hybridized carbons (Fsp3) is 0.600. The zero-order valence-electron chi connectivity index (χ0n) is 5.68. The van der Waals surface area contributed by atoms with E-state index in [1.807, 2.05) is 0 Å². The van der Waals surface area contributed by atoms with Gasteiger partial charge in [0.05, 0.1) is 6.54 Å². The molecular weight excluding hydrogens is 159 g/mol. The monoisotopic (exact) mass is 164 g/mol. The molecule has 1 aromatic heterocycles. The number of hydrogen-bond acceptors (Lipinski definition) is 2. The summed E-state index contributed by atoms with van der Waals surface area (Å²) in [4.78, 5) is 0.933. The van der Waals surface area contributed by atoms with Crippen LogP contribution in [0.2, 0.25) is 0 Å². The molecule has 0 saturated carbocycles. The van der Waals surface area contributed by atoms with E-state index >= 15 is 0 Å². The molecule has 11 heavy (non-hydrogen) atoms. The predicted octanol–water partition coefficient (Wildman–Crippen LogP) is 1.12. The smallest absolute Gasteiger partial charge is 0.184 e. The summed E-state index contributed by atoms with van der Waals surface area (Å²) in [7, 11) is 0. The summed E-state index contributed by atoms with van der Waals surface area (Å²) in [6.07, 6.45) is -2.66. The van der Waals surface area contributed by atoms with Crippen molar-refractivity contribution in [3.8, 4) is 0 Å². The summed E-state index contributed by atoms with van der Waals surface area (Å²) in [6, 6.07) is 0. The number of aromatic nitrogens is 3. The van der Waals surface area contributed by atoms with Crippen LogP contribution in [0.5, 0.6) is 0 Å². The summed E-state index contributed by atoms with van der Waals surface area (Å²) in [5, 5.41) is 6.39. The maximum absolute atomic E-state index is 11.8. The molecule has 0 aliphatic heterocycles. The summed E-state index contributed by atoms with van der Waals surface area (Å²) in [6.45, 7) is 1.96. The minimum Gasteiger partial charge on any atom is -0.184 e.